The lowest BCUT2D eigenvalue weighted by Gasteiger charge is -2.14. The highest BCUT2D eigenvalue weighted by Crippen LogP contribution is 2.13. The number of amides is 1. The highest BCUT2D eigenvalue weighted by molar-refractivity contribution is 6.30. The van der Waals surface area contributed by atoms with Crippen LogP contribution < -0.4 is 11.0 Å². The minimum atomic E-state index is -0.174. The molecule has 0 saturated heterocycles. The average molecular weight is 372 g/mol. The lowest BCUT2D eigenvalue weighted by molar-refractivity contribution is -0.122. The zero-order valence-corrected chi connectivity index (χ0v) is 15.7. The van der Waals surface area contributed by atoms with Crippen molar-refractivity contribution in [2.75, 3.05) is 0 Å². The van der Waals surface area contributed by atoms with Crippen LogP contribution in [0.3, 0.4) is 0 Å². The van der Waals surface area contributed by atoms with Crippen LogP contribution in [-0.2, 0) is 24.3 Å². The lowest BCUT2D eigenvalue weighted by atomic mass is 10.1. The molecule has 1 aromatic heterocycles. The van der Waals surface area contributed by atoms with Gasteiger partial charge in [-0.3, -0.25) is 13.9 Å². The number of benzene rings is 2. The maximum Gasteiger partial charge on any atom is 0.329 e. The zero-order valence-electron chi connectivity index (χ0n) is 14.9. The largest absolute Gasteiger partial charge is 0.352 e. The van der Waals surface area contributed by atoms with Gasteiger partial charge >= 0.3 is 5.69 Å². The smallest absolute Gasteiger partial charge is 0.329 e. The molecular formula is C20H22ClN3O2. The normalized spacial score (nSPS) is 12.3. The van der Waals surface area contributed by atoms with Crippen molar-refractivity contribution in [3.63, 3.8) is 0 Å². The Labute approximate surface area is 157 Å². The van der Waals surface area contributed by atoms with E-state index in [0.717, 1.165) is 16.6 Å². The van der Waals surface area contributed by atoms with Crippen LogP contribution in [0.15, 0.2) is 53.3 Å². The number of nitrogens with zero attached hydrogens (tertiary/aromatic N) is 2. The van der Waals surface area contributed by atoms with Crippen molar-refractivity contribution in [1.29, 1.82) is 0 Å². The number of nitrogens with one attached hydrogen (secondary N) is 1. The van der Waals surface area contributed by atoms with Gasteiger partial charge < -0.3 is 5.32 Å². The number of hydrogen-bond acceptors (Lipinski definition) is 2. The lowest BCUT2D eigenvalue weighted by Crippen LogP contribution is -2.38. The summed E-state index contributed by atoms with van der Waals surface area (Å²) >= 11 is 5.90. The first-order valence-electron chi connectivity index (χ1n) is 8.71. The highest BCUT2D eigenvalue weighted by Gasteiger charge is 2.15. The van der Waals surface area contributed by atoms with Crippen molar-refractivity contribution < 1.29 is 4.79 Å². The molecule has 5 nitrogen and oxygen atoms in total. The second-order valence-electron chi connectivity index (χ2n) is 6.40. The number of carbonyl (C=O) groups excluding carboxylic acids is 1. The summed E-state index contributed by atoms with van der Waals surface area (Å²) in [6.07, 6.45) is 0.703. The number of fused-ring (bicyclic) bond motifs is 1. The van der Waals surface area contributed by atoms with E-state index in [9.17, 15) is 9.59 Å². The van der Waals surface area contributed by atoms with Crippen molar-refractivity contribution in [2.45, 2.75) is 39.4 Å². The van der Waals surface area contributed by atoms with E-state index in [2.05, 4.69) is 5.32 Å². The van der Waals surface area contributed by atoms with Crippen molar-refractivity contribution in [1.82, 2.24) is 14.5 Å². The van der Waals surface area contributed by atoms with Gasteiger partial charge in [0.25, 0.3) is 0 Å². The molecule has 0 radical (unpaired) electrons. The molecule has 1 amide bonds. The van der Waals surface area contributed by atoms with E-state index >= 15 is 0 Å². The molecule has 0 saturated carbocycles. The van der Waals surface area contributed by atoms with Gasteiger partial charge in [-0.2, -0.15) is 0 Å². The third-order valence-electron chi connectivity index (χ3n) is 4.41. The first-order chi connectivity index (χ1) is 12.5. The number of carbonyl (C=O) groups is 1. The third kappa shape index (κ3) is 3.83. The van der Waals surface area contributed by atoms with Crippen molar-refractivity contribution >= 4 is 28.5 Å². The van der Waals surface area contributed by atoms with Crippen LogP contribution in [0.25, 0.3) is 11.0 Å². The standard InChI is InChI=1S/C20H22ClN3O2/c1-3-23-17-6-4-5-7-18(17)24(20(23)26)13-19(25)22-14(2)12-15-8-10-16(21)11-9-15/h4-11,14H,3,12-13H2,1-2H3,(H,22,25). The minimum absolute atomic E-state index is 0.0112. The number of rotatable bonds is 6. The molecule has 1 unspecified atom stereocenters. The molecule has 0 aliphatic heterocycles. The summed E-state index contributed by atoms with van der Waals surface area (Å²) in [5.41, 5.74) is 2.57. The Bertz CT molecular complexity index is 973. The number of imidazole rings is 1. The molecule has 0 aliphatic rings. The second-order valence-corrected chi connectivity index (χ2v) is 6.84. The van der Waals surface area contributed by atoms with Gasteiger partial charge in [0.1, 0.15) is 6.54 Å². The van der Waals surface area contributed by atoms with E-state index in [0.29, 0.717) is 18.0 Å². The molecule has 1 heterocycles. The second kappa shape index (κ2) is 7.79. The Balaban J connectivity index is 1.72. The van der Waals surface area contributed by atoms with Crippen molar-refractivity contribution in [2.24, 2.45) is 0 Å². The number of para-hydroxylation sites is 2. The Kier molecular flexibility index (Phi) is 5.47. The summed E-state index contributed by atoms with van der Waals surface area (Å²) in [4.78, 5) is 25.1. The number of halogens is 1. The van der Waals surface area contributed by atoms with Crippen molar-refractivity contribution in [3.8, 4) is 0 Å². The van der Waals surface area contributed by atoms with E-state index < -0.39 is 0 Å². The fourth-order valence-electron chi connectivity index (χ4n) is 3.22. The zero-order chi connectivity index (χ0) is 18.7. The number of hydrogen-bond donors (Lipinski definition) is 1. The van der Waals surface area contributed by atoms with Gasteiger partial charge in [0.05, 0.1) is 11.0 Å². The van der Waals surface area contributed by atoms with Gasteiger partial charge in [-0.15, -0.1) is 0 Å². The Morgan fingerprint density at radius 1 is 1.08 bits per heavy atom. The molecular weight excluding hydrogens is 350 g/mol. The SMILES string of the molecule is CCn1c(=O)n(CC(=O)NC(C)Cc2ccc(Cl)cc2)c2ccccc21. The fraction of sp³-hybridized carbons (Fsp3) is 0.300. The Morgan fingerprint density at radius 3 is 2.31 bits per heavy atom. The van der Waals surface area contributed by atoms with Gasteiger partial charge in [0, 0.05) is 17.6 Å². The number of aromatic nitrogens is 2. The molecule has 3 rings (SSSR count). The van der Waals surface area contributed by atoms with Gasteiger partial charge in [-0.25, -0.2) is 4.79 Å². The summed E-state index contributed by atoms with van der Waals surface area (Å²) in [5, 5.41) is 3.66. The van der Waals surface area contributed by atoms with Crippen LogP contribution in [0.5, 0.6) is 0 Å². The van der Waals surface area contributed by atoms with Crippen molar-refractivity contribution in [3.05, 3.63) is 69.6 Å². The van der Waals surface area contributed by atoms with Crippen LogP contribution in [0.2, 0.25) is 5.02 Å². The van der Waals surface area contributed by atoms with Crippen LogP contribution in [0.4, 0.5) is 0 Å². The molecule has 0 spiro atoms. The molecule has 26 heavy (non-hydrogen) atoms. The van der Waals surface area contributed by atoms with Gasteiger partial charge in [-0.1, -0.05) is 35.9 Å². The van der Waals surface area contributed by atoms with E-state index in [-0.39, 0.29) is 24.2 Å². The summed E-state index contributed by atoms with van der Waals surface area (Å²) in [6, 6.07) is 15.1. The van der Waals surface area contributed by atoms with E-state index in [4.69, 9.17) is 11.6 Å². The average Bonchev–Trinajstić information content (AvgIpc) is 2.88. The molecule has 0 bridgehead atoms. The van der Waals surface area contributed by atoms with Gasteiger partial charge in [0.15, 0.2) is 0 Å². The van der Waals surface area contributed by atoms with Crippen LogP contribution in [0, 0.1) is 0 Å². The Hall–Kier alpha value is -2.53. The summed E-state index contributed by atoms with van der Waals surface area (Å²) < 4.78 is 3.21. The summed E-state index contributed by atoms with van der Waals surface area (Å²) in [5.74, 6) is -0.174. The van der Waals surface area contributed by atoms with E-state index in [1.807, 2.05) is 62.4 Å². The third-order valence-corrected chi connectivity index (χ3v) is 4.66. The quantitative estimate of drug-likeness (QED) is 0.723. The molecule has 1 atom stereocenters. The first-order valence-corrected chi connectivity index (χ1v) is 9.09. The fourth-order valence-corrected chi connectivity index (χ4v) is 3.35. The van der Waals surface area contributed by atoms with Crippen LogP contribution >= 0.6 is 11.6 Å². The summed E-state index contributed by atoms with van der Waals surface area (Å²) in [7, 11) is 0. The predicted molar refractivity (Wildman–Crippen MR) is 105 cm³/mol. The van der Waals surface area contributed by atoms with Gasteiger partial charge in [-0.05, 0) is 50.1 Å². The maximum absolute atomic E-state index is 12.6. The topological polar surface area (TPSA) is 56.0 Å². The molecule has 0 fully saturated rings. The first kappa shape index (κ1) is 18.3. The molecule has 2 aromatic carbocycles. The molecule has 6 heteroatoms. The molecule has 1 N–H and O–H groups in total. The van der Waals surface area contributed by atoms with Crippen LogP contribution in [0.1, 0.15) is 19.4 Å². The summed E-state index contributed by atoms with van der Waals surface area (Å²) in [6.45, 7) is 4.45. The molecule has 0 aliphatic carbocycles. The maximum atomic E-state index is 12.6. The highest BCUT2D eigenvalue weighted by atomic mass is 35.5. The molecule has 3 aromatic rings. The van der Waals surface area contributed by atoms with E-state index in [1.165, 1.54) is 4.57 Å². The monoisotopic (exact) mass is 371 g/mol. The predicted octanol–water partition coefficient (Wildman–Crippen LogP) is 3.22. The van der Waals surface area contributed by atoms with Gasteiger partial charge in [0.2, 0.25) is 5.91 Å². The van der Waals surface area contributed by atoms with Crippen LogP contribution in [-0.4, -0.2) is 21.1 Å². The number of aryl methyl sites for hydroxylation is 1. The Morgan fingerprint density at radius 2 is 1.69 bits per heavy atom. The van der Waals surface area contributed by atoms with E-state index in [1.54, 1.807) is 4.57 Å². The minimum Gasteiger partial charge on any atom is -0.352 e. The molecule has 136 valence electrons.